The van der Waals surface area contributed by atoms with Gasteiger partial charge in [-0.2, -0.15) is 0 Å². The second-order valence-electron chi connectivity index (χ2n) is 6.90. The van der Waals surface area contributed by atoms with Crippen molar-refractivity contribution in [2.75, 3.05) is 11.6 Å². The minimum absolute atomic E-state index is 0.0374. The summed E-state index contributed by atoms with van der Waals surface area (Å²) in [6, 6.07) is 3.39. The molecule has 0 aliphatic heterocycles. The van der Waals surface area contributed by atoms with Crippen LogP contribution in [0, 0.1) is 11.2 Å². The van der Waals surface area contributed by atoms with Crippen molar-refractivity contribution in [3.8, 4) is 0 Å². The lowest BCUT2D eigenvalue weighted by molar-refractivity contribution is 0.233. The highest BCUT2D eigenvalue weighted by atomic mass is 32.2. The molecule has 1 aliphatic carbocycles. The molecule has 1 fully saturated rings. The Bertz CT molecular complexity index is 701. The number of anilines is 1. The normalized spacial score (nSPS) is 20.3. The van der Waals surface area contributed by atoms with Gasteiger partial charge < -0.3 is 10.6 Å². The predicted octanol–water partition coefficient (Wildman–Crippen LogP) is 3.07. The number of carbonyl (C=O) groups excluding carboxylic acids is 1. The summed E-state index contributed by atoms with van der Waals surface area (Å²) in [5, 5.41) is 5.57. The van der Waals surface area contributed by atoms with Crippen LogP contribution < -0.4 is 10.6 Å². The van der Waals surface area contributed by atoms with E-state index in [2.05, 4.69) is 24.5 Å². The van der Waals surface area contributed by atoms with Crippen LogP contribution in [0.2, 0.25) is 0 Å². The highest BCUT2D eigenvalue weighted by molar-refractivity contribution is 7.89. The Morgan fingerprint density at radius 2 is 2.09 bits per heavy atom. The number of sulfone groups is 1. The Balaban J connectivity index is 2.11. The zero-order valence-electron chi connectivity index (χ0n) is 13.6. The molecule has 2 rings (SSSR count). The van der Waals surface area contributed by atoms with Gasteiger partial charge in [-0.1, -0.05) is 20.3 Å². The van der Waals surface area contributed by atoms with Gasteiger partial charge in [0, 0.05) is 18.0 Å². The number of carbonyl (C=O) groups is 1. The molecule has 1 aromatic carbocycles. The molecule has 1 atom stereocenters. The number of amides is 2. The van der Waals surface area contributed by atoms with Gasteiger partial charge in [0.1, 0.15) is 5.82 Å². The van der Waals surface area contributed by atoms with E-state index in [4.69, 9.17) is 0 Å². The van der Waals surface area contributed by atoms with E-state index in [9.17, 15) is 17.6 Å². The van der Waals surface area contributed by atoms with Crippen LogP contribution in [0.3, 0.4) is 0 Å². The molecule has 0 radical (unpaired) electrons. The fourth-order valence-electron chi connectivity index (χ4n) is 3.00. The molecule has 1 aromatic rings. The Morgan fingerprint density at radius 3 is 2.65 bits per heavy atom. The molecule has 0 bridgehead atoms. The predicted molar refractivity (Wildman–Crippen MR) is 88.5 cm³/mol. The van der Waals surface area contributed by atoms with Crippen molar-refractivity contribution in [2.24, 2.45) is 5.41 Å². The van der Waals surface area contributed by atoms with E-state index >= 15 is 0 Å². The maximum absolute atomic E-state index is 13.4. The van der Waals surface area contributed by atoms with Gasteiger partial charge in [-0.25, -0.2) is 17.6 Å². The van der Waals surface area contributed by atoms with E-state index in [1.807, 2.05) is 0 Å². The lowest BCUT2D eigenvalue weighted by atomic mass is 9.87. The van der Waals surface area contributed by atoms with Crippen LogP contribution >= 0.6 is 0 Å². The molecule has 0 spiro atoms. The summed E-state index contributed by atoms with van der Waals surface area (Å²) < 4.78 is 36.3. The maximum atomic E-state index is 13.4. The van der Waals surface area contributed by atoms with Gasteiger partial charge in [0.05, 0.1) is 5.75 Å². The molecule has 0 aromatic heterocycles. The lowest BCUT2D eigenvalue weighted by Gasteiger charge is -2.28. The monoisotopic (exact) mass is 342 g/mol. The van der Waals surface area contributed by atoms with E-state index in [-0.39, 0.29) is 22.8 Å². The standard InChI is InChI=1S/C16H23FN2O3S/c1-16(2)8-4-5-14(16)19-15(20)18-13-7-6-12(17)9-11(13)10-23(3,21)22/h6-7,9,14H,4-5,8,10H2,1-3H3,(H2,18,19,20)/t14-/m0/s1. The first-order valence-corrected chi connectivity index (χ1v) is 9.66. The molecule has 1 saturated carbocycles. The Morgan fingerprint density at radius 1 is 1.39 bits per heavy atom. The number of hydrogen-bond donors (Lipinski definition) is 2. The van der Waals surface area contributed by atoms with Gasteiger partial charge in [0.25, 0.3) is 0 Å². The number of hydrogen-bond acceptors (Lipinski definition) is 3. The molecule has 0 unspecified atom stereocenters. The van der Waals surface area contributed by atoms with Crippen LogP contribution in [0.4, 0.5) is 14.9 Å². The zero-order chi connectivity index (χ0) is 17.3. The van der Waals surface area contributed by atoms with E-state index in [1.54, 1.807) is 0 Å². The van der Waals surface area contributed by atoms with E-state index in [0.29, 0.717) is 5.69 Å². The van der Waals surface area contributed by atoms with Crippen LogP contribution in [-0.4, -0.2) is 26.7 Å². The van der Waals surface area contributed by atoms with Crippen LogP contribution in [0.15, 0.2) is 18.2 Å². The molecule has 2 N–H and O–H groups in total. The molecular formula is C16H23FN2O3S. The highest BCUT2D eigenvalue weighted by Gasteiger charge is 2.35. The second-order valence-corrected chi connectivity index (χ2v) is 9.04. The molecule has 1 aliphatic rings. The minimum atomic E-state index is -3.33. The van der Waals surface area contributed by atoms with Crippen molar-refractivity contribution in [2.45, 2.75) is 44.9 Å². The van der Waals surface area contributed by atoms with Gasteiger partial charge in [-0.3, -0.25) is 0 Å². The van der Waals surface area contributed by atoms with Crippen molar-refractivity contribution in [1.29, 1.82) is 0 Å². The average Bonchev–Trinajstić information content (AvgIpc) is 2.70. The van der Waals surface area contributed by atoms with Crippen molar-refractivity contribution in [3.05, 3.63) is 29.6 Å². The Labute approximate surface area is 136 Å². The van der Waals surface area contributed by atoms with Gasteiger partial charge in [0.2, 0.25) is 0 Å². The summed E-state index contributed by atoms with van der Waals surface area (Å²) in [5.74, 6) is -0.860. The summed E-state index contributed by atoms with van der Waals surface area (Å²) >= 11 is 0. The first kappa shape index (κ1) is 17.7. The number of nitrogens with one attached hydrogen (secondary N) is 2. The first-order valence-electron chi connectivity index (χ1n) is 7.60. The van der Waals surface area contributed by atoms with Gasteiger partial charge in [-0.05, 0) is 42.0 Å². The summed E-state index contributed by atoms with van der Waals surface area (Å²) in [6.07, 6.45) is 4.10. The SMILES string of the molecule is CC1(C)CCC[C@@H]1NC(=O)Nc1ccc(F)cc1CS(C)(=O)=O. The molecule has 0 heterocycles. The minimum Gasteiger partial charge on any atom is -0.335 e. The van der Waals surface area contributed by atoms with E-state index in [0.717, 1.165) is 31.6 Å². The summed E-state index contributed by atoms with van der Waals surface area (Å²) in [6.45, 7) is 4.22. The van der Waals surface area contributed by atoms with Gasteiger partial charge in [0.15, 0.2) is 9.84 Å². The maximum Gasteiger partial charge on any atom is 0.319 e. The van der Waals surface area contributed by atoms with Crippen LogP contribution in [0.25, 0.3) is 0 Å². The summed E-state index contributed by atoms with van der Waals surface area (Å²) in [5.41, 5.74) is 0.592. The smallest absolute Gasteiger partial charge is 0.319 e. The Kier molecular flexibility index (Phi) is 4.98. The molecule has 5 nitrogen and oxygen atoms in total. The van der Waals surface area contributed by atoms with Gasteiger partial charge in [-0.15, -0.1) is 0 Å². The first-order chi connectivity index (χ1) is 10.6. The quantitative estimate of drug-likeness (QED) is 0.883. The fraction of sp³-hybridized carbons (Fsp3) is 0.562. The van der Waals surface area contributed by atoms with E-state index in [1.165, 1.54) is 12.1 Å². The van der Waals surface area contributed by atoms with Crippen molar-refractivity contribution in [1.82, 2.24) is 5.32 Å². The average molecular weight is 342 g/mol. The molecule has 0 saturated heterocycles. The van der Waals surface area contributed by atoms with Gasteiger partial charge >= 0.3 is 6.03 Å². The van der Waals surface area contributed by atoms with Crippen molar-refractivity contribution in [3.63, 3.8) is 0 Å². The second kappa shape index (κ2) is 6.47. The topological polar surface area (TPSA) is 75.3 Å². The third-order valence-electron chi connectivity index (χ3n) is 4.30. The van der Waals surface area contributed by atoms with Crippen molar-refractivity contribution < 1.29 is 17.6 Å². The molecule has 23 heavy (non-hydrogen) atoms. The molecule has 128 valence electrons. The van der Waals surface area contributed by atoms with E-state index < -0.39 is 21.7 Å². The number of halogens is 1. The highest BCUT2D eigenvalue weighted by Crippen LogP contribution is 2.37. The van der Waals surface area contributed by atoms with Crippen LogP contribution in [-0.2, 0) is 15.6 Å². The third kappa shape index (κ3) is 4.92. The van der Waals surface area contributed by atoms with Crippen LogP contribution in [0.5, 0.6) is 0 Å². The zero-order valence-corrected chi connectivity index (χ0v) is 14.5. The number of rotatable bonds is 4. The lowest BCUT2D eigenvalue weighted by Crippen LogP contribution is -2.43. The fourth-order valence-corrected chi connectivity index (χ4v) is 3.80. The van der Waals surface area contributed by atoms with Crippen LogP contribution in [0.1, 0.15) is 38.7 Å². The summed E-state index contributed by atoms with van der Waals surface area (Å²) in [7, 11) is -3.33. The molecule has 7 heteroatoms. The number of benzene rings is 1. The third-order valence-corrected chi connectivity index (χ3v) is 5.13. The Hall–Kier alpha value is -1.63. The number of urea groups is 1. The summed E-state index contributed by atoms with van der Waals surface area (Å²) in [4.78, 5) is 12.2. The van der Waals surface area contributed by atoms with Crippen molar-refractivity contribution >= 4 is 21.6 Å². The molecular weight excluding hydrogens is 319 g/mol. The largest absolute Gasteiger partial charge is 0.335 e. The molecule has 2 amide bonds.